The molecule has 21 heavy (non-hydrogen) atoms. The maximum absolute atomic E-state index is 12.1. The van der Waals surface area contributed by atoms with E-state index in [4.69, 9.17) is 5.53 Å². The molecule has 0 N–H and O–H groups in total. The van der Waals surface area contributed by atoms with Crippen molar-refractivity contribution < 1.29 is 9.58 Å². The number of hydrogen-bond donors (Lipinski definition) is 0. The van der Waals surface area contributed by atoms with Gasteiger partial charge in [0, 0.05) is 5.56 Å². The van der Waals surface area contributed by atoms with Crippen molar-refractivity contribution in [3.63, 3.8) is 0 Å². The fraction of sp³-hybridized carbons (Fsp3) is 0.111. The fourth-order valence-corrected chi connectivity index (χ4v) is 2.06. The second-order valence-corrected chi connectivity index (χ2v) is 4.77. The van der Waals surface area contributed by atoms with E-state index in [1.807, 2.05) is 50.2 Å². The van der Waals surface area contributed by atoms with Gasteiger partial charge in [-0.1, -0.05) is 30.2 Å². The van der Waals surface area contributed by atoms with Crippen molar-refractivity contribution in [2.75, 3.05) is 0 Å². The zero-order valence-electron chi connectivity index (χ0n) is 11.9. The quantitative estimate of drug-likeness (QED) is 0.359. The lowest BCUT2D eigenvalue weighted by molar-refractivity contribution is -0.112. The summed E-state index contributed by atoms with van der Waals surface area (Å²) in [5, 5.41) is 0. The first-order valence-corrected chi connectivity index (χ1v) is 6.52. The molecule has 0 saturated heterocycles. The molecule has 0 heterocycles. The van der Waals surface area contributed by atoms with E-state index < -0.39 is 5.78 Å². The molecule has 0 bridgehead atoms. The van der Waals surface area contributed by atoms with Gasteiger partial charge in [0.2, 0.25) is 0 Å². The van der Waals surface area contributed by atoms with Crippen molar-refractivity contribution >= 4 is 11.5 Å². The molecule has 0 amide bonds. The third-order valence-corrected chi connectivity index (χ3v) is 2.90. The van der Waals surface area contributed by atoms with Crippen LogP contribution in [0.5, 0.6) is 0 Å². The molecule has 0 aliphatic carbocycles. The van der Waals surface area contributed by atoms with E-state index >= 15 is 0 Å². The van der Waals surface area contributed by atoms with Gasteiger partial charge in [0.1, 0.15) is 0 Å². The Morgan fingerprint density at radius 1 is 1.05 bits per heavy atom. The van der Waals surface area contributed by atoms with E-state index in [-0.39, 0.29) is 5.71 Å². The molecular formula is C18H14N2O. The van der Waals surface area contributed by atoms with Crippen LogP contribution in [0.3, 0.4) is 0 Å². The van der Waals surface area contributed by atoms with Crippen LogP contribution in [0.2, 0.25) is 0 Å². The Bertz CT molecular complexity index is 769. The van der Waals surface area contributed by atoms with Crippen LogP contribution in [-0.4, -0.2) is 16.3 Å². The zero-order chi connectivity index (χ0) is 15.2. The van der Waals surface area contributed by atoms with Gasteiger partial charge < -0.3 is 5.53 Å². The number of carbonyl (C=O) groups excluding carboxylic acids is 1. The fourth-order valence-electron chi connectivity index (χ4n) is 2.06. The summed E-state index contributed by atoms with van der Waals surface area (Å²) >= 11 is 0. The summed E-state index contributed by atoms with van der Waals surface area (Å²) in [6.45, 7) is 3.84. The van der Waals surface area contributed by atoms with E-state index in [0.717, 1.165) is 16.7 Å². The molecule has 0 spiro atoms. The number of rotatable bonds is 2. The molecular weight excluding hydrogens is 260 g/mol. The Labute approximate surface area is 123 Å². The van der Waals surface area contributed by atoms with Gasteiger partial charge in [-0.2, -0.15) is 4.79 Å². The molecule has 0 aliphatic rings. The van der Waals surface area contributed by atoms with Crippen LogP contribution in [0.15, 0.2) is 48.5 Å². The van der Waals surface area contributed by atoms with Crippen molar-refractivity contribution in [1.29, 1.82) is 0 Å². The molecule has 2 aromatic rings. The second-order valence-electron chi connectivity index (χ2n) is 4.77. The Hall–Kier alpha value is -2.95. The number of benzene rings is 2. The van der Waals surface area contributed by atoms with E-state index in [0.29, 0.717) is 5.56 Å². The Balaban J connectivity index is 2.33. The average Bonchev–Trinajstić information content (AvgIpc) is 2.46. The molecule has 0 atom stereocenters. The van der Waals surface area contributed by atoms with Gasteiger partial charge in [-0.3, -0.25) is 4.79 Å². The van der Waals surface area contributed by atoms with Crippen LogP contribution in [0.4, 0.5) is 0 Å². The number of ketones is 1. The van der Waals surface area contributed by atoms with Crippen molar-refractivity contribution in [1.82, 2.24) is 0 Å². The second kappa shape index (κ2) is 6.47. The van der Waals surface area contributed by atoms with Crippen LogP contribution in [0.25, 0.3) is 5.53 Å². The van der Waals surface area contributed by atoms with Crippen LogP contribution in [0.1, 0.15) is 22.3 Å². The predicted octanol–water partition coefficient (Wildman–Crippen LogP) is 2.94. The summed E-state index contributed by atoms with van der Waals surface area (Å²) < 4.78 is 0. The topological polar surface area (TPSA) is 53.5 Å². The Morgan fingerprint density at radius 3 is 2.24 bits per heavy atom. The number of Topliss-reactive ketones (excluding diaryl/α,β-unsaturated/α-hetero) is 1. The molecule has 2 rings (SSSR count). The molecule has 0 saturated carbocycles. The number of aryl methyl sites for hydroxylation is 2. The van der Waals surface area contributed by atoms with Crippen LogP contribution in [-0.2, 0) is 4.79 Å². The third-order valence-electron chi connectivity index (χ3n) is 2.90. The van der Waals surface area contributed by atoms with Crippen LogP contribution in [0, 0.1) is 25.7 Å². The van der Waals surface area contributed by atoms with Crippen LogP contribution < -0.4 is 0 Å². The largest absolute Gasteiger partial charge is 0.378 e. The van der Waals surface area contributed by atoms with Crippen molar-refractivity contribution in [3.8, 4) is 11.8 Å². The summed E-state index contributed by atoms with van der Waals surface area (Å²) in [7, 11) is 0. The standard InChI is InChI=1S/C18H14N2O/c1-13-10-14(2)12-16(11-13)18(20-19)17(21)9-8-15-6-4-3-5-7-15/h3-7,10-12H,1-2H3. The minimum atomic E-state index is -0.508. The van der Waals surface area contributed by atoms with Gasteiger partial charge in [0.05, 0.1) is 5.56 Å². The molecule has 102 valence electrons. The van der Waals surface area contributed by atoms with Gasteiger partial charge in [-0.15, -0.1) is 0 Å². The van der Waals surface area contributed by atoms with Crippen LogP contribution >= 0.6 is 0 Å². The highest BCUT2D eigenvalue weighted by Gasteiger charge is 2.21. The van der Waals surface area contributed by atoms with E-state index in [9.17, 15) is 4.79 Å². The number of carbonyl (C=O) groups is 1. The first-order valence-electron chi connectivity index (χ1n) is 6.52. The highest BCUT2D eigenvalue weighted by Crippen LogP contribution is 2.09. The monoisotopic (exact) mass is 274 g/mol. The molecule has 3 heteroatoms. The maximum atomic E-state index is 12.1. The van der Waals surface area contributed by atoms with Crippen molar-refractivity contribution in [2.24, 2.45) is 0 Å². The molecule has 0 unspecified atom stereocenters. The van der Waals surface area contributed by atoms with Crippen molar-refractivity contribution in [3.05, 3.63) is 76.3 Å². The minimum absolute atomic E-state index is 0.0368. The molecule has 0 radical (unpaired) electrons. The smallest absolute Gasteiger partial charge is 0.361 e. The Morgan fingerprint density at radius 2 is 1.67 bits per heavy atom. The lowest BCUT2D eigenvalue weighted by atomic mass is 10.0. The minimum Gasteiger partial charge on any atom is -0.361 e. The predicted molar refractivity (Wildman–Crippen MR) is 82.0 cm³/mol. The van der Waals surface area contributed by atoms with Gasteiger partial charge in [-0.05, 0) is 55.2 Å². The highest BCUT2D eigenvalue weighted by atomic mass is 16.1. The molecule has 3 nitrogen and oxygen atoms in total. The van der Waals surface area contributed by atoms with Gasteiger partial charge in [0.15, 0.2) is 0 Å². The molecule has 0 fully saturated rings. The first kappa shape index (κ1) is 14.5. The molecule has 0 aromatic heterocycles. The first-order chi connectivity index (χ1) is 10.1. The number of nitrogens with zero attached hydrogens (tertiary/aromatic N) is 2. The van der Waals surface area contributed by atoms with Gasteiger partial charge >= 0.3 is 11.5 Å². The SMILES string of the molecule is Cc1cc(C)cc(C(=[N+]=[N-])C(=O)C#Cc2ccccc2)c1. The summed E-state index contributed by atoms with van der Waals surface area (Å²) in [5.41, 5.74) is 12.4. The molecule has 0 aliphatic heterocycles. The highest BCUT2D eigenvalue weighted by molar-refractivity contribution is 6.49. The summed E-state index contributed by atoms with van der Waals surface area (Å²) in [4.78, 5) is 15.2. The normalized spacial score (nSPS) is 9.24. The maximum Gasteiger partial charge on any atom is 0.378 e. The molecule has 2 aromatic carbocycles. The van der Waals surface area contributed by atoms with Crippen molar-refractivity contribution in [2.45, 2.75) is 13.8 Å². The lowest BCUT2D eigenvalue weighted by Gasteiger charge is -1.98. The zero-order valence-corrected chi connectivity index (χ0v) is 11.9. The average molecular weight is 274 g/mol. The van der Waals surface area contributed by atoms with E-state index in [1.54, 1.807) is 12.1 Å². The summed E-state index contributed by atoms with van der Waals surface area (Å²) in [6.07, 6.45) is 0. The lowest BCUT2D eigenvalue weighted by Crippen LogP contribution is -2.15. The number of hydrogen-bond acceptors (Lipinski definition) is 1. The van der Waals surface area contributed by atoms with E-state index in [2.05, 4.69) is 16.6 Å². The Kier molecular flexibility index (Phi) is 4.46. The van der Waals surface area contributed by atoms with E-state index in [1.165, 1.54) is 0 Å². The third kappa shape index (κ3) is 3.76. The van der Waals surface area contributed by atoms with Gasteiger partial charge in [-0.25, -0.2) is 0 Å². The summed E-state index contributed by atoms with van der Waals surface area (Å²) in [6, 6.07) is 14.8. The van der Waals surface area contributed by atoms with Gasteiger partial charge in [0.25, 0.3) is 0 Å². The summed E-state index contributed by atoms with van der Waals surface area (Å²) in [5.74, 6) is 4.77.